The van der Waals surface area contributed by atoms with Crippen molar-refractivity contribution in [3.8, 4) is 0 Å². The average molecular weight is 291 g/mol. The SMILES string of the molecule is Cn1cccc1C(=O)CN1CCOCC1C(=O)NC1CC1. The number of ether oxygens (including phenoxy) is 1. The maximum Gasteiger partial charge on any atom is 0.239 e. The minimum Gasteiger partial charge on any atom is -0.378 e. The van der Waals surface area contributed by atoms with Crippen molar-refractivity contribution >= 4 is 11.7 Å². The minimum atomic E-state index is -0.358. The molecule has 2 aliphatic rings. The summed E-state index contributed by atoms with van der Waals surface area (Å²) >= 11 is 0. The Hall–Kier alpha value is -1.66. The number of nitrogens with zero attached hydrogens (tertiary/aromatic N) is 2. The van der Waals surface area contributed by atoms with Gasteiger partial charge in [0.15, 0.2) is 5.78 Å². The molecule has 114 valence electrons. The van der Waals surface area contributed by atoms with Gasteiger partial charge < -0.3 is 14.6 Å². The molecule has 0 aromatic carbocycles. The number of aryl methyl sites for hydroxylation is 1. The first kappa shape index (κ1) is 14.3. The van der Waals surface area contributed by atoms with E-state index in [-0.39, 0.29) is 24.3 Å². The van der Waals surface area contributed by atoms with Crippen LogP contribution in [0.15, 0.2) is 18.3 Å². The molecule has 1 N–H and O–H groups in total. The van der Waals surface area contributed by atoms with Crippen molar-refractivity contribution in [2.24, 2.45) is 7.05 Å². The lowest BCUT2D eigenvalue weighted by atomic mass is 10.1. The molecule has 1 saturated carbocycles. The van der Waals surface area contributed by atoms with Crippen LogP contribution in [0.4, 0.5) is 0 Å². The van der Waals surface area contributed by atoms with Crippen LogP contribution in [0.1, 0.15) is 23.3 Å². The van der Waals surface area contributed by atoms with Gasteiger partial charge in [-0.2, -0.15) is 0 Å². The number of ketones is 1. The van der Waals surface area contributed by atoms with E-state index >= 15 is 0 Å². The molecular weight excluding hydrogens is 270 g/mol. The number of Topliss-reactive ketones (excluding diaryl/α,β-unsaturated/α-hetero) is 1. The Balaban J connectivity index is 1.64. The Labute approximate surface area is 124 Å². The summed E-state index contributed by atoms with van der Waals surface area (Å²) in [5.41, 5.74) is 0.669. The Morgan fingerprint density at radius 1 is 1.43 bits per heavy atom. The molecule has 6 nitrogen and oxygen atoms in total. The molecule has 0 spiro atoms. The zero-order chi connectivity index (χ0) is 14.8. The van der Waals surface area contributed by atoms with Crippen LogP contribution in [0.3, 0.4) is 0 Å². The molecule has 2 heterocycles. The third-order valence-corrected chi connectivity index (χ3v) is 4.04. The van der Waals surface area contributed by atoms with Crippen molar-refractivity contribution in [3.05, 3.63) is 24.0 Å². The van der Waals surface area contributed by atoms with Crippen LogP contribution in [0.2, 0.25) is 0 Å². The molecule has 6 heteroatoms. The Kier molecular flexibility index (Phi) is 4.07. The standard InChI is InChI=1S/C15H21N3O3/c1-17-6-2-3-12(17)14(19)9-18-7-8-21-10-13(18)15(20)16-11-4-5-11/h2-3,6,11,13H,4-5,7-10H2,1H3,(H,16,20). The minimum absolute atomic E-state index is 0.0168. The first-order chi connectivity index (χ1) is 10.1. The fourth-order valence-electron chi connectivity index (χ4n) is 2.61. The van der Waals surface area contributed by atoms with Gasteiger partial charge in [-0.05, 0) is 25.0 Å². The van der Waals surface area contributed by atoms with Gasteiger partial charge in [-0.15, -0.1) is 0 Å². The van der Waals surface area contributed by atoms with E-state index in [1.54, 1.807) is 0 Å². The quantitative estimate of drug-likeness (QED) is 0.787. The molecule has 1 aliphatic carbocycles. The monoisotopic (exact) mass is 291 g/mol. The van der Waals surface area contributed by atoms with Gasteiger partial charge in [0.1, 0.15) is 6.04 Å². The van der Waals surface area contributed by atoms with Gasteiger partial charge in [-0.3, -0.25) is 14.5 Å². The second kappa shape index (κ2) is 5.99. The van der Waals surface area contributed by atoms with Crippen molar-refractivity contribution < 1.29 is 14.3 Å². The number of amides is 1. The first-order valence-corrected chi connectivity index (χ1v) is 7.42. The summed E-state index contributed by atoms with van der Waals surface area (Å²) in [7, 11) is 1.85. The highest BCUT2D eigenvalue weighted by molar-refractivity contribution is 5.96. The van der Waals surface area contributed by atoms with Gasteiger partial charge in [-0.1, -0.05) is 0 Å². The lowest BCUT2D eigenvalue weighted by molar-refractivity contribution is -0.132. The van der Waals surface area contributed by atoms with E-state index in [1.165, 1.54) is 0 Å². The number of carbonyl (C=O) groups excluding carboxylic acids is 2. The normalized spacial score (nSPS) is 23.0. The molecule has 1 aliphatic heterocycles. The highest BCUT2D eigenvalue weighted by atomic mass is 16.5. The zero-order valence-electron chi connectivity index (χ0n) is 12.2. The van der Waals surface area contributed by atoms with Gasteiger partial charge in [0.2, 0.25) is 5.91 Å². The van der Waals surface area contributed by atoms with Crippen LogP contribution in [0, 0.1) is 0 Å². The number of nitrogens with one attached hydrogen (secondary N) is 1. The molecule has 1 atom stereocenters. The Bertz CT molecular complexity index is 536. The van der Waals surface area contributed by atoms with Crippen molar-refractivity contribution in [1.29, 1.82) is 0 Å². The number of hydrogen-bond donors (Lipinski definition) is 1. The molecule has 2 fully saturated rings. The van der Waals surface area contributed by atoms with E-state index in [4.69, 9.17) is 4.74 Å². The lowest BCUT2D eigenvalue weighted by Crippen LogP contribution is -2.55. The molecule has 1 unspecified atom stereocenters. The summed E-state index contributed by atoms with van der Waals surface area (Å²) in [6.45, 7) is 1.79. The highest BCUT2D eigenvalue weighted by Gasteiger charge is 2.34. The molecule has 3 rings (SSSR count). The molecule has 0 radical (unpaired) electrons. The Morgan fingerprint density at radius 3 is 2.90 bits per heavy atom. The van der Waals surface area contributed by atoms with Gasteiger partial charge in [0.05, 0.1) is 25.5 Å². The number of morpholine rings is 1. The number of aromatic nitrogens is 1. The van der Waals surface area contributed by atoms with Gasteiger partial charge >= 0.3 is 0 Å². The molecule has 1 aromatic rings. The molecular formula is C15H21N3O3. The smallest absolute Gasteiger partial charge is 0.239 e. The summed E-state index contributed by atoms with van der Waals surface area (Å²) in [4.78, 5) is 26.5. The average Bonchev–Trinajstić information content (AvgIpc) is 3.17. The van der Waals surface area contributed by atoms with Crippen molar-refractivity contribution in [2.45, 2.75) is 24.9 Å². The lowest BCUT2D eigenvalue weighted by Gasteiger charge is -2.34. The maximum atomic E-state index is 12.4. The second-order valence-corrected chi connectivity index (χ2v) is 5.77. The van der Waals surface area contributed by atoms with E-state index in [0.29, 0.717) is 31.5 Å². The van der Waals surface area contributed by atoms with Crippen molar-refractivity contribution in [1.82, 2.24) is 14.8 Å². The van der Waals surface area contributed by atoms with E-state index in [0.717, 1.165) is 12.8 Å². The zero-order valence-corrected chi connectivity index (χ0v) is 12.2. The van der Waals surface area contributed by atoms with E-state index in [2.05, 4.69) is 5.32 Å². The van der Waals surface area contributed by atoms with Gasteiger partial charge in [0, 0.05) is 25.8 Å². The second-order valence-electron chi connectivity index (χ2n) is 5.77. The Morgan fingerprint density at radius 2 is 2.24 bits per heavy atom. The molecule has 1 amide bonds. The summed E-state index contributed by atoms with van der Waals surface area (Å²) in [5.74, 6) is 0.0190. The first-order valence-electron chi connectivity index (χ1n) is 7.42. The van der Waals surface area contributed by atoms with Crippen LogP contribution in [0.25, 0.3) is 0 Å². The summed E-state index contributed by atoms with van der Waals surface area (Å²) < 4.78 is 7.22. The fourth-order valence-corrected chi connectivity index (χ4v) is 2.61. The van der Waals surface area contributed by atoms with Crippen LogP contribution < -0.4 is 5.32 Å². The third kappa shape index (κ3) is 3.33. The van der Waals surface area contributed by atoms with Crippen LogP contribution in [0.5, 0.6) is 0 Å². The molecule has 0 bridgehead atoms. The van der Waals surface area contributed by atoms with E-state index in [1.807, 2.05) is 34.8 Å². The molecule has 21 heavy (non-hydrogen) atoms. The highest BCUT2D eigenvalue weighted by Crippen LogP contribution is 2.19. The maximum absolute atomic E-state index is 12.4. The summed E-state index contributed by atoms with van der Waals surface area (Å²) in [6.07, 6.45) is 3.97. The topological polar surface area (TPSA) is 63.6 Å². The largest absolute Gasteiger partial charge is 0.378 e. The fraction of sp³-hybridized carbons (Fsp3) is 0.600. The van der Waals surface area contributed by atoms with Gasteiger partial charge in [-0.25, -0.2) is 0 Å². The molecule has 1 saturated heterocycles. The van der Waals surface area contributed by atoms with Crippen molar-refractivity contribution in [2.75, 3.05) is 26.3 Å². The van der Waals surface area contributed by atoms with Crippen LogP contribution in [-0.2, 0) is 16.6 Å². The van der Waals surface area contributed by atoms with Gasteiger partial charge in [0.25, 0.3) is 0 Å². The number of rotatable bonds is 5. The summed E-state index contributed by atoms with van der Waals surface area (Å²) in [5, 5.41) is 3.00. The number of carbonyl (C=O) groups is 2. The number of hydrogen-bond acceptors (Lipinski definition) is 4. The van der Waals surface area contributed by atoms with Crippen LogP contribution >= 0.6 is 0 Å². The van der Waals surface area contributed by atoms with E-state index in [9.17, 15) is 9.59 Å². The third-order valence-electron chi connectivity index (χ3n) is 4.04. The van der Waals surface area contributed by atoms with Crippen LogP contribution in [-0.4, -0.2) is 59.5 Å². The summed E-state index contributed by atoms with van der Waals surface area (Å²) in [6, 6.07) is 3.62. The van der Waals surface area contributed by atoms with Crippen molar-refractivity contribution in [3.63, 3.8) is 0 Å². The predicted octanol–water partition coefficient (Wildman–Crippen LogP) is 0.187. The van der Waals surface area contributed by atoms with E-state index < -0.39 is 0 Å². The predicted molar refractivity (Wildman–Crippen MR) is 77.1 cm³/mol. The molecule has 1 aromatic heterocycles.